The van der Waals surface area contributed by atoms with Gasteiger partial charge < -0.3 is 5.32 Å². The van der Waals surface area contributed by atoms with E-state index in [2.05, 4.69) is 31.3 Å². The predicted octanol–water partition coefficient (Wildman–Crippen LogP) is 3.82. The van der Waals surface area contributed by atoms with Gasteiger partial charge in [-0.3, -0.25) is 0 Å². The van der Waals surface area contributed by atoms with Gasteiger partial charge in [-0.2, -0.15) is 0 Å². The molecule has 0 spiro atoms. The molecule has 0 aliphatic heterocycles. The van der Waals surface area contributed by atoms with Crippen molar-refractivity contribution in [2.24, 2.45) is 0 Å². The van der Waals surface area contributed by atoms with Crippen LogP contribution >= 0.6 is 23.4 Å². The molecule has 1 nitrogen and oxygen atoms in total. The van der Waals surface area contributed by atoms with Crippen LogP contribution in [0.15, 0.2) is 29.2 Å². The van der Waals surface area contributed by atoms with Crippen LogP contribution in [0.1, 0.15) is 20.3 Å². The zero-order valence-corrected chi connectivity index (χ0v) is 10.9. The number of hydrogen-bond donors (Lipinski definition) is 1. The molecular formula is C12H18ClNS. The second-order valence-electron chi connectivity index (χ2n) is 3.59. The Labute approximate surface area is 102 Å². The first kappa shape index (κ1) is 12.9. The molecule has 1 aromatic carbocycles. The van der Waals surface area contributed by atoms with Crippen molar-refractivity contribution in [2.75, 3.05) is 13.1 Å². The zero-order chi connectivity index (χ0) is 11.1. The fourth-order valence-corrected chi connectivity index (χ4v) is 2.35. The maximum absolute atomic E-state index is 5.83. The molecule has 0 bridgehead atoms. The van der Waals surface area contributed by atoms with Crippen LogP contribution in [0.5, 0.6) is 0 Å². The minimum Gasteiger partial charge on any atom is -0.316 e. The average Bonchev–Trinajstić information content (AvgIpc) is 2.22. The summed E-state index contributed by atoms with van der Waals surface area (Å²) in [4.78, 5) is 1.28. The van der Waals surface area contributed by atoms with Crippen LogP contribution < -0.4 is 5.32 Å². The van der Waals surface area contributed by atoms with Gasteiger partial charge in [-0.15, -0.1) is 11.8 Å². The van der Waals surface area contributed by atoms with E-state index < -0.39 is 0 Å². The Balaban J connectivity index is 2.31. The van der Waals surface area contributed by atoms with Crippen LogP contribution in [0.3, 0.4) is 0 Å². The van der Waals surface area contributed by atoms with Gasteiger partial charge in [-0.05, 0) is 37.2 Å². The van der Waals surface area contributed by atoms with Crippen LogP contribution in [0.2, 0.25) is 5.02 Å². The second kappa shape index (κ2) is 7.15. The number of benzene rings is 1. The summed E-state index contributed by atoms with van der Waals surface area (Å²) in [7, 11) is 0. The number of nitrogens with one attached hydrogen (secondary N) is 1. The van der Waals surface area contributed by atoms with Gasteiger partial charge in [0.2, 0.25) is 0 Å². The summed E-state index contributed by atoms with van der Waals surface area (Å²) in [5.74, 6) is 0. The van der Waals surface area contributed by atoms with Crippen molar-refractivity contribution in [1.82, 2.24) is 5.32 Å². The van der Waals surface area contributed by atoms with Crippen LogP contribution in [0.4, 0.5) is 0 Å². The Bertz CT molecular complexity index is 273. The smallest absolute Gasteiger partial charge is 0.0406 e. The molecule has 0 aliphatic rings. The topological polar surface area (TPSA) is 12.0 Å². The van der Waals surface area contributed by atoms with E-state index in [9.17, 15) is 0 Å². The van der Waals surface area contributed by atoms with Gasteiger partial charge >= 0.3 is 0 Å². The largest absolute Gasteiger partial charge is 0.316 e. The first-order chi connectivity index (χ1) is 7.22. The third-order valence-electron chi connectivity index (χ3n) is 2.01. The van der Waals surface area contributed by atoms with Crippen molar-refractivity contribution in [1.29, 1.82) is 0 Å². The van der Waals surface area contributed by atoms with Gasteiger partial charge in [-0.25, -0.2) is 0 Å². The number of rotatable bonds is 6. The fourth-order valence-electron chi connectivity index (χ4n) is 1.27. The Morgan fingerprint density at radius 2 is 2.00 bits per heavy atom. The monoisotopic (exact) mass is 243 g/mol. The molecule has 1 unspecified atom stereocenters. The lowest BCUT2D eigenvalue weighted by atomic mass is 10.4. The lowest BCUT2D eigenvalue weighted by molar-refractivity contribution is 0.669. The maximum atomic E-state index is 5.83. The Kier molecular flexibility index (Phi) is 6.15. The first-order valence-electron chi connectivity index (χ1n) is 5.35. The average molecular weight is 244 g/mol. The molecule has 0 fully saturated rings. The molecule has 1 rings (SSSR count). The van der Waals surface area contributed by atoms with Crippen LogP contribution in [-0.2, 0) is 0 Å². The van der Waals surface area contributed by atoms with Gasteiger partial charge in [0, 0.05) is 21.7 Å². The SMILES string of the molecule is CCCNCC(C)Sc1ccc(Cl)cc1. The summed E-state index contributed by atoms with van der Waals surface area (Å²) in [5.41, 5.74) is 0. The first-order valence-corrected chi connectivity index (χ1v) is 6.61. The van der Waals surface area contributed by atoms with E-state index in [1.54, 1.807) is 0 Å². The van der Waals surface area contributed by atoms with E-state index in [0.717, 1.165) is 18.1 Å². The summed E-state index contributed by atoms with van der Waals surface area (Å²) in [6.07, 6.45) is 1.19. The molecule has 1 N–H and O–H groups in total. The fraction of sp³-hybridized carbons (Fsp3) is 0.500. The van der Waals surface area contributed by atoms with Crippen molar-refractivity contribution in [2.45, 2.75) is 30.4 Å². The molecule has 84 valence electrons. The number of halogens is 1. The number of hydrogen-bond acceptors (Lipinski definition) is 2. The van der Waals surface area contributed by atoms with E-state index >= 15 is 0 Å². The van der Waals surface area contributed by atoms with Gasteiger partial charge in [-0.1, -0.05) is 25.4 Å². The van der Waals surface area contributed by atoms with Crippen molar-refractivity contribution in [3.05, 3.63) is 29.3 Å². The van der Waals surface area contributed by atoms with Gasteiger partial charge in [0.1, 0.15) is 0 Å². The third-order valence-corrected chi connectivity index (χ3v) is 3.37. The minimum atomic E-state index is 0.595. The number of thioether (sulfide) groups is 1. The summed E-state index contributed by atoms with van der Waals surface area (Å²) in [6.45, 7) is 6.58. The molecule has 15 heavy (non-hydrogen) atoms. The highest BCUT2D eigenvalue weighted by molar-refractivity contribution is 8.00. The Hall–Kier alpha value is -0.180. The van der Waals surface area contributed by atoms with Gasteiger partial charge in [0.15, 0.2) is 0 Å². The van der Waals surface area contributed by atoms with Crippen molar-refractivity contribution in [3.8, 4) is 0 Å². The molecule has 1 aromatic rings. The van der Waals surface area contributed by atoms with E-state index in [1.165, 1.54) is 11.3 Å². The zero-order valence-electron chi connectivity index (χ0n) is 9.29. The van der Waals surface area contributed by atoms with E-state index in [1.807, 2.05) is 23.9 Å². The van der Waals surface area contributed by atoms with E-state index in [0.29, 0.717) is 5.25 Å². The lowest BCUT2D eigenvalue weighted by Gasteiger charge is -2.11. The summed E-state index contributed by atoms with van der Waals surface area (Å²) < 4.78 is 0. The predicted molar refractivity (Wildman–Crippen MR) is 69.9 cm³/mol. The molecule has 0 amide bonds. The lowest BCUT2D eigenvalue weighted by Crippen LogP contribution is -2.23. The Morgan fingerprint density at radius 3 is 2.60 bits per heavy atom. The van der Waals surface area contributed by atoms with Crippen molar-refractivity contribution in [3.63, 3.8) is 0 Å². The molecule has 1 atom stereocenters. The minimum absolute atomic E-state index is 0.595. The summed E-state index contributed by atoms with van der Waals surface area (Å²) in [6, 6.07) is 8.03. The third kappa shape index (κ3) is 5.45. The molecule has 0 aromatic heterocycles. The van der Waals surface area contributed by atoms with Crippen LogP contribution in [-0.4, -0.2) is 18.3 Å². The molecule has 0 aliphatic carbocycles. The summed E-state index contributed by atoms with van der Waals surface area (Å²) in [5, 5.41) is 4.82. The molecule has 0 radical (unpaired) electrons. The summed E-state index contributed by atoms with van der Waals surface area (Å²) >= 11 is 7.71. The normalized spacial score (nSPS) is 12.7. The standard InChI is InChI=1S/C12H18ClNS/c1-3-8-14-9-10(2)15-12-6-4-11(13)5-7-12/h4-7,10,14H,3,8-9H2,1-2H3. The van der Waals surface area contributed by atoms with Crippen molar-refractivity contribution < 1.29 is 0 Å². The van der Waals surface area contributed by atoms with Crippen LogP contribution in [0.25, 0.3) is 0 Å². The van der Waals surface area contributed by atoms with Crippen molar-refractivity contribution >= 4 is 23.4 Å². The highest BCUT2D eigenvalue weighted by Gasteiger charge is 2.03. The van der Waals surface area contributed by atoms with E-state index in [4.69, 9.17) is 11.6 Å². The molecule has 0 saturated heterocycles. The quantitative estimate of drug-likeness (QED) is 0.602. The van der Waals surface area contributed by atoms with Gasteiger partial charge in [0.05, 0.1) is 0 Å². The van der Waals surface area contributed by atoms with Crippen LogP contribution in [0, 0.1) is 0 Å². The Morgan fingerprint density at radius 1 is 1.33 bits per heavy atom. The van der Waals surface area contributed by atoms with Gasteiger partial charge in [0.25, 0.3) is 0 Å². The molecule has 0 saturated carbocycles. The second-order valence-corrected chi connectivity index (χ2v) is 5.53. The van der Waals surface area contributed by atoms with E-state index in [-0.39, 0.29) is 0 Å². The highest BCUT2D eigenvalue weighted by atomic mass is 35.5. The molecule has 3 heteroatoms. The molecule has 0 heterocycles. The maximum Gasteiger partial charge on any atom is 0.0406 e. The highest BCUT2D eigenvalue weighted by Crippen LogP contribution is 2.24. The molecular weight excluding hydrogens is 226 g/mol.